The molecule has 0 heterocycles. The average molecular weight is 314 g/mol. The van der Waals surface area contributed by atoms with E-state index in [2.05, 4.69) is 5.32 Å². The molecule has 1 aliphatic carbocycles. The van der Waals surface area contributed by atoms with Crippen LogP contribution < -0.4 is 5.32 Å². The molecule has 0 bridgehead atoms. The van der Waals surface area contributed by atoms with Crippen LogP contribution in [0.2, 0.25) is 5.02 Å². The molecule has 1 saturated carbocycles. The third kappa shape index (κ3) is 4.32. The Kier molecular flexibility index (Phi) is 5.61. The van der Waals surface area contributed by atoms with Crippen molar-refractivity contribution in [3.63, 3.8) is 0 Å². The summed E-state index contributed by atoms with van der Waals surface area (Å²) >= 11 is 5.91. The highest BCUT2D eigenvalue weighted by Gasteiger charge is 2.24. The van der Waals surface area contributed by atoms with Crippen LogP contribution in [0.1, 0.15) is 38.2 Å². The summed E-state index contributed by atoms with van der Waals surface area (Å²) in [6.45, 7) is 1.73. The maximum Gasteiger partial charge on any atom is 0.235 e. The molecule has 1 aliphatic rings. The van der Waals surface area contributed by atoms with Crippen molar-refractivity contribution in [3.05, 3.63) is 34.9 Å². The molecule has 0 aromatic heterocycles. The van der Waals surface area contributed by atoms with Crippen LogP contribution in [0.3, 0.4) is 0 Å². The molecule has 0 radical (unpaired) electrons. The molecule has 0 saturated heterocycles. The summed E-state index contributed by atoms with van der Waals surface area (Å²) in [5.41, 5.74) is 0.899. The van der Waals surface area contributed by atoms with Crippen LogP contribution in [0.4, 0.5) is 0 Å². The smallest absolute Gasteiger partial charge is 0.235 e. The third-order valence-corrected chi connectivity index (χ3v) is 5.52. The van der Waals surface area contributed by atoms with E-state index in [4.69, 9.17) is 11.6 Å². The normalized spacial score (nSPS) is 18.7. The first-order valence-corrected chi connectivity index (χ1v) is 8.74. The van der Waals surface area contributed by atoms with E-state index >= 15 is 0 Å². The molecule has 1 fully saturated rings. The quantitative estimate of drug-likeness (QED) is 0.908. The topological polar surface area (TPSA) is 46.2 Å². The zero-order chi connectivity index (χ0) is 14.5. The number of benzene rings is 1. The molecule has 5 heteroatoms. The van der Waals surface area contributed by atoms with E-state index in [1.807, 2.05) is 12.1 Å². The standard InChI is InChI=1S/C15H20ClNO2S/c1-11(15(18)17-14-7-2-3-8-14)20(19)10-12-5-4-6-13(16)9-12/h4-6,9,11,14H,2-3,7-8,10H2,1H3,(H,17,18)/t11-,20+/m1/s1. The van der Waals surface area contributed by atoms with Crippen LogP contribution in [0, 0.1) is 0 Å². The van der Waals surface area contributed by atoms with Crippen molar-refractivity contribution < 1.29 is 9.00 Å². The summed E-state index contributed by atoms with van der Waals surface area (Å²) in [6, 6.07) is 7.56. The Labute approximate surface area is 127 Å². The van der Waals surface area contributed by atoms with Crippen LogP contribution in [-0.2, 0) is 21.3 Å². The summed E-state index contributed by atoms with van der Waals surface area (Å²) in [7, 11) is -1.22. The van der Waals surface area contributed by atoms with Crippen molar-refractivity contribution >= 4 is 28.3 Å². The van der Waals surface area contributed by atoms with Gasteiger partial charge < -0.3 is 5.32 Å². The van der Waals surface area contributed by atoms with E-state index in [0.29, 0.717) is 10.8 Å². The van der Waals surface area contributed by atoms with Crippen LogP contribution in [0.25, 0.3) is 0 Å². The Morgan fingerprint density at radius 1 is 1.45 bits per heavy atom. The summed E-state index contributed by atoms with van der Waals surface area (Å²) in [4.78, 5) is 12.1. The molecule has 3 nitrogen and oxygen atoms in total. The van der Waals surface area contributed by atoms with Gasteiger partial charge in [-0.25, -0.2) is 0 Å². The zero-order valence-electron chi connectivity index (χ0n) is 11.6. The predicted molar refractivity (Wildman–Crippen MR) is 83.2 cm³/mol. The number of nitrogens with one attached hydrogen (secondary N) is 1. The zero-order valence-corrected chi connectivity index (χ0v) is 13.2. The molecule has 1 amide bonds. The van der Waals surface area contributed by atoms with Crippen LogP contribution in [0.5, 0.6) is 0 Å². The second-order valence-corrected chi connectivity index (χ2v) is 7.48. The number of rotatable bonds is 5. The fourth-order valence-electron chi connectivity index (χ4n) is 2.42. The number of halogens is 1. The molecule has 110 valence electrons. The fraction of sp³-hybridized carbons (Fsp3) is 0.533. The minimum Gasteiger partial charge on any atom is -0.352 e. The van der Waals surface area contributed by atoms with Gasteiger partial charge in [-0.1, -0.05) is 36.6 Å². The highest BCUT2D eigenvalue weighted by Crippen LogP contribution is 2.18. The Balaban J connectivity index is 1.89. The molecule has 0 unspecified atom stereocenters. The summed E-state index contributed by atoms with van der Waals surface area (Å²) in [5.74, 6) is 0.261. The van der Waals surface area contributed by atoms with Gasteiger partial charge in [0.1, 0.15) is 5.25 Å². The molecular weight excluding hydrogens is 294 g/mol. The lowest BCUT2D eigenvalue weighted by molar-refractivity contribution is -0.121. The highest BCUT2D eigenvalue weighted by molar-refractivity contribution is 7.85. The van der Waals surface area contributed by atoms with Gasteiger partial charge in [-0.15, -0.1) is 0 Å². The average Bonchev–Trinajstić information content (AvgIpc) is 2.90. The Hall–Kier alpha value is -0.870. The van der Waals surface area contributed by atoms with Gasteiger partial charge in [0.15, 0.2) is 0 Å². The largest absolute Gasteiger partial charge is 0.352 e. The van der Waals surface area contributed by atoms with Gasteiger partial charge in [0.05, 0.1) is 0 Å². The van der Waals surface area contributed by atoms with Crippen molar-refractivity contribution in [2.24, 2.45) is 0 Å². The lowest BCUT2D eigenvalue weighted by Gasteiger charge is -2.16. The maximum absolute atomic E-state index is 12.2. The molecule has 2 atom stereocenters. The van der Waals surface area contributed by atoms with Gasteiger partial charge in [0, 0.05) is 27.6 Å². The molecule has 0 spiro atoms. The second-order valence-electron chi connectivity index (χ2n) is 5.29. The van der Waals surface area contributed by atoms with Gasteiger partial charge >= 0.3 is 0 Å². The van der Waals surface area contributed by atoms with E-state index in [9.17, 15) is 9.00 Å². The molecule has 20 heavy (non-hydrogen) atoms. The molecular formula is C15H20ClNO2S. The fourth-order valence-corrected chi connectivity index (χ4v) is 3.70. The first-order valence-electron chi connectivity index (χ1n) is 6.98. The molecule has 0 aliphatic heterocycles. The number of amides is 1. The van der Waals surface area contributed by atoms with E-state index < -0.39 is 16.0 Å². The lowest BCUT2D eigenvalue weighted by Crippen LogP contribution is -2.40. The van der Waals surface area contributed by atoms with Gasteiger partial charge in [-0.2, -0.15) is 0 Å². The van der Waals surface area contributed by atoms with Gasteiger partial charge in [0.2, 0.25) is 5.91 Å². The first-order chi connectivity index (χ1) is 9.56. The minimum atomic E-state index is -1.22. The molecule has 1 aromatic carbocycles. The summed E-state index contributed by atoms with van der Waals surface area (Å²) < 4.78 is 12.2. The highest BCUT2D eigenvalue weighted by atomic mass is 35.5. The van der Waals surface area contributed by atoms with Crippen LogP contribution >= 0.6 is 11.6 Å². The number of carbonyl (C=O) groups is 1. The number of hydrogen-bond donors (Lipinski definition) is 1. The molecule has 2 rings (SSSR count). The first kappa shape index (κ1) is 15.5. The van der Waals surface area contributed by atoms with Crippen LogP contribution in [-0.4, -0.2) is 21.4 Å². The Morgan fingerprint density at radius 3 is 2.80 bits per heavy atom. The van der Waals surface area contributed by atoms with E-state index in [-0.39, 0.29) is 11.9 Å². The van der Waals surface area contributed by atoms with Gasteiger partial charge in [-0.05, 0) is 37.5 Å². The number of hydrogen-bond acceptors (Lipinski definition) is 2. The molecule has 1 N–H and O–H groups in total. The second kappa shape index (κ2) is 7.23. The van der Waals surface area contributed by atoms with Crippen molar-refractivity contribution in [1.29, 1.82) is 0 Å². The SMILES string of the molecule is C[C@H](C(=O)NC1CCCC1)[S@@](=O)Cc1cccc(Cl)c1. The minimum absolute atomic E-state index is 0.0998. The third-order valence-electron chi connectivity index (χ3n) is 3.66. The van der Waals surface area contributed by atoms with Crippen molar-refractivity contribution in [2.75, 3.05) is 0 Å². The summed E-state index contributed by atoms with van der Waals surface area (Å²) in [5, 5.41) is 3.13. The molecule has 1 aromatic rings. The van der Waals surface area contributed by atoms with E-state index in [1.165, 1.54) is 12.8 Å². The van der Waals surface area contributed by atoms with Gasteiger partial charge in [-0.3, -0.25) is 9.00 Å². The number of carbonyl (C=O) groups excluding carboxylic acids is 1. The maximum atomic E-state index is 12.2. The summed E-state index contributed by atoms with van der Waals surface area (Å²) in [6.07, 6.45) is 4.43. The van der Waals surface area contributed by atoms with Crippen LogP contribution in [0.15, 0.2) is 24.3 Å². The van der Waals surface area contributed by atoms with Gasteiger partial charge in [0.25, 0.3) is 0 Å². The van der Waals surface area contributed by atoms with Crippen molar-refractivity contribution in [2.45, 2.75) is 49.7 Å². The van der Waals surface area contributed by atoms with Crippen molar-refractivity contribution in [1.82, 2.24) is 5.32 Å². The van der Waals surface area contributed by atoms with E-state index in [1.54, 1.807) is 19.1 Å². The van der Waals surface area contributed by atoms with Crippen molar-refractivity contribution in [3.8, 4) is 0 Å². The predicted octanol–water partition coefficient (Wildman–Crippen LogP) is 3.04. The monoisotopic (exact) mass is 313 g/mol. The Bertz CT molecular complexity index is 500. The Morgan fingerprint density at radius 2 is 2.15 bits per heavy atom. The lowest BCUT2D eigenvalue weighted by atomic mass is 10.2. The van der Waals surface area contributed by atoms with E-state index in [0.717, 1.165) is 18.4 Å².